The number of nitrogens with two attached hydrogens (primary N) is 1. The summed E-state index contributed by atoms with van der Waals surface area (Å²) in [5, 5.41) is 11.9. The van der Waals surface area contributed by atoms with Crippen molar-refractivity contribution in [3.05, 3.63) is 0 Å². The van der Waals surface area contributed by atoms with Crippen LogP contribution in [0.3, 0.4) is 0 Å². The average Bonchev–Trinajstić information content (AvgIpc) is 2.95. The predicted molar refractivity (Wildman–Crippen MR) is 90.8 cm³/mol. The summed E-state index contributed by atoms with van der Waals surface area (Å²) >= 11 is 0. The van der Waals surface area contributed by atoms with Gasteiger partial charge in [0.1, 0.15) is 31.7 Å². The van der Waals surface area contributed by atoms with Gasteiger partial charge in [-0.3, -0.25) is 30.9 Å². The van der Waals surface area contributed by atoms with Crippen LogP contribution in [0.15, 0.2) is 0 Å². The van der Waals surface area contributed by atoms with E-state index in [1.165, 1.54) is 0 Å². The summed E-state index contributed by atoms with van der Waals surface area (Å²) in [6, 6.07) is -0.659. The zero-order chi connectivity index (χ0) is 18.4. The van der Waals surface area contributed by atoms with E-state index in [0.717, 1.165) is 0 Å². The molecule has 144 valence electrons. The standard InChI is InChI=1S/C15H30N6O4/c1-4-17-10(9(2)3)14(23)25-6-5-24-8-21-7-18-11-12(21)19-15(16)20-13(11)22/h9-12,15,17-19H,4-8,16H2,1-3H3,(H,20,22). The van der Waals surface area contributed by atoms with Gasteiger partial charge in [-0.05, 0) is 12.5 Å². The summed E-state index contributed by atoms with van der Waals surface area (Å²) in [6.07, 6.45) is -0.790. The lowest BCUT2D eigenvalue weighted by molar-refractivity contribution is -0.149. The smallest absolute Gasteiger partial charge is 0.323 e. The highest BCUT2D eigenvalue weighted by atomic mass is 16.6. The molecule has 2 aliphatic heterocycles. The first-order valence-electron chi connectivity index (χ1n) is 8.71. The van der Waals surface area contributed by atoms with E-state index >= 15 is 0 Å². The van der Waals surface area contributed by atoms with Crippen LogP contribution in [0.25, 0.3) is 0 Å². The second-order valence-electron chi connectivity index (χ2n) is 6.51. The maximum atomic E-state index is 12.0. The quantitative estimate of drug-likeness (QED) is 0.227. The zero-order valence-corrected chi connectivity index (χ0v) is 15.1. The van der Waals surface area contributed by atoms with E-state index in [1.807, 2.05) is 25.7 Å². The summed E-state index contributed by atoms with van der Waals surface area (Å²) in [6.45, 7) is 7.90. The number of esters is 1. The molecule has 2 rings (SSSR count). The monoisotopic (exact) mass is 358 g/mol. The van der Waals surface area contributed by atoms with Gasteiger partial charge in [-0.25, -0.2) is 0 Å². The molecule has 0 spiro atoms. The molecular weight excluding hydrogens is 328 g/mol. The van der Waals surface area contributed by atoms with E-state index in [2.05, 4.69) is 21.3 Å². The van der Waals surface area contributed by atoms with Crippen LogP contribution in [0.5, 0.6) is 0 Å². The minimum absolute atomic E-state index is 0.129. The van der Waals surface area contributed by atoms with Crippen LogP contribution in [0.1, 0.15) is 20.8 Å². The van der Waals surface area contributed by atoms with E-state index in [0.29, 0.717) is 19.9 Å². The van der Waals surface area contributed by atoms with Gasteiger partial charge in [-0.15, -0.1) is 0 Å². The van der Waals surface area contributed by atoms with Gasteiger partial charge in [-0.2, -0.15) is 0 Å². The molecule has 0 radical (unpaired) electrons. The lowest BCUT2D eigenvalue weighted by Gasteiger charge is -2.34. The summed E-state index contributed by atoms with van der Waals surface area (Å²) < 4.78 is 10.8. The number of ether oxygens (including phenoxy) is 2. The molecule has 2 aliphatic rings. The number of likely N-dealkylation sites (N-methyl/N-ethyl adjacent to an activating group) is 1. The first kappa shape index (κ1) is 20.0. The van der Waals surface area contributed by atoms with Gasteiger partial charge >= 0.3 is 5.97 Å². The number of hydrogen-bond donors (Lipinski definition) is 5. The van der Waals surface area contributed by atoms with Gasteiger partial charge < -0.3 is 20.1 Å². The third-order valence-electron chi connectivity index (χ3n) is 4.23. The van der Waals surface area contributed by atoms with Crippen LogP contribution in [0.4, 0.5) is 0 Å². The number of rotatable bonds is 9. The van der Waals surface area contributed by atoms with E-state index in [4.69, 9.17) is 15.2 Å². The molecule has 4 unspecified atom stereocenters. The fraction of sp³-hybridized carbons (Fsp3) is 0.867. The molecule has 4 atom stereocenters. The zero-order valence-electron chi connectivity index (χ0n) is 15.1. The fourth-order valence-electron chi connectivity index (χ4n) is 2.95. The van der Waals surface area contributed by atoms with E-state index in [1.54, 1.807) is 0 Å². The third kappa shape index (κ3) is 5.33. The fourth-order valence-corrected chi connectivity index (χ4v) is 2.95. The van der Waals surface area contributed by atoms with Crippen molar-refractivity contribution in [1.29, 1.82) is 0 Å². The lowest BCUT2D eigenvalue weighted by atomic mass is 10.1. The van der Waals surface area contributed by atoms with Crippen LogP contribution < -0.4 is 27.0 Å². The summed E-state index contributed by atoms with van der Waals surface area (Å²) in [5.41, 5.74) is 5.73. The van der Waals surface area contributed by atoms with Crippen LogP contribution in [0, 0.1) is 5.92 Å². The molecule has 1 amide bonds. The third-order valence-corrected chi connectivity index (χ3v) is 4.23. The largest absolute Gasteiger partial charge is 0.462 e. The van der Waals surface area contributed by atoms with Crippen molar-refractivity contribution in [1.82, 2.24) is 26.2 Å². The van der Waals surface area contributed by atoms with Crippen molar-refractivity contribution >= 4 is 11.9 Å². The molecule has 0 bridgehead atoms. The van der Waals surface area contributed by atoms with Crippen LogP contribution in [-0.4, -0.2) is 74.5 Å². The minimum atomic E-state index is -0.573. The molecule has 25 heavy (non-hydrogen) atoms. The highest BCUT2D eigenvalue weighted by Gasteiger charge is 2.42. The Kier molecular flexibility index (Phi) is 7.54. The van der Waals surface area contributed by atoms with Crippen molar-refractivity contribution in [3.63, 3.8) is 0 Å². The first-order chi connectivity index (χ1) is 11.9. The topological polar surface area (TPSA) is 130 Å². The van der Waals surface area contributed by atoms with Crippen LogP contribution in [0.2, 0.25) is 0 Å². The molecule has 0 aromatic carbocycles. The Hall–Kier alpha value is -1.30. The molecule has 0 saturated carbocycles. The summed E-state index contributed by atoms with van der Waals surface area (Å²) in [7, 11) is 0. The van der Waals surface area contributed by atoms with Gasteiger partial charge in [0.25, 0.3) is 0 Å². The van der Waals surface area contributed by atoms with Crippen molar-refractivity contribution in [2.75, 3.05) is 33.2 Å². The molecule has 2 heterocycles. The predicted octanol–water partition coefficient (Wildman–Crippen LogP) is -2.34. The average molecular weight is 358 g/mol. The Morgan fingerprint density at radius 3 is 2.88 bits per heavy atom. The molecule has 0 aromatic heterocycles. The minimum Gasteiger partial charge on any atom is -0.462 e. The molecule has 0 aromatic rings. The number of carbonyl (C=O) groups excluding carboxylic acids is 2. The molecule has 6 N–H and O–H groups in total. The molecule has 0 aliphatic carbocycles. The van der Waals surface area contributed by atoms with Crippen molar-refractivity contribution in [2.45, 2.75) is 45.3 Å². The number of nitrogens with zero attached hydrogens (tertiary/aromatic N) is 1. The number of hydrogen-bond acceptors (Lipinski definition) is 9. The normalized spacial score (nSPS) is 27.9. The number of fused-ring (bicyclic) bond motifs is 1. The Morgan fingerprint density at radius 1 is 1.44 bits per heavy atom. The van der Waals surface area contributed by atoms with Gasteiger partial charge in [0.05, 0.1) is 19.4 Å². The van der Waals surface area contributed by atoms with Crippen LogP contribution in [-0.2, 0) is 19.1 Å². The second kappa shape index (κ2) is 9.41. The van der Waals surface area contributed by atoms with Gasteiger partial charge in [0.2, 0.25) is 5.91 Å². The molecular formula is C15H30N6O4. The molecule has 10 nitrogen and oxygen atoms in total. The Labute approximate surface area is 148 Å². The summed E-state index contributed by atoms with van der Waals surface area (Å²) in [4.78, 5) is 25.8. The van der Waals surface area contributed by atoms with Gasteiger partial charge in [-0.1, -0.05) is 20.8 Å². The second-order valence-corrected chi connectivity index (χ2v) is 6.51. The number of carbonyl (C=O) groups is 2. The van der Waals surface area contributed by atoms with Gasteiger partial charge in [0.15, 0.2) is 0 Å². The lowest BCUT2D eigenvalue weighted by Crippen LogP contribution is -2.70. The SMILES string of the molecule is CCNC(C(=O)OCCOCN1CNC2C(=O)NC(N)NC21)C(C)C. The highest BCUT2D eigenvalue weighted by Crippen LogP contribution is 2.12. The Morgan fingerprint density at radius 2 is 2.20 bits per heavy atom. The Bertz CT molecular complexity index is 463. The van der Waals surface area contributed by atoms with E-state index < -0.39 is 6.29 Å². The maximum Gasteiger partial charge on any atom is 0.323 e. The van der Waals surface area contributed by atoms with Crippen LogP contribution >= 0.6 is 0 Å². The molecule has 10 heteroatoms. The molecule has 2 fully saturated rings. The van der Waals surface area contributed by atoms with Gasteiger partial charge in [0, 0.05) is 0 Å². The summed E-state index contributed by atoms with van der Waals surface area (Å²) in [5.74, 6) is -0.232. The molecule has 2 saturated heterocycles. The van der Waals surface area contributed by atoms with E-state index in [9.17, 15) is 9.59 Å². The maximum absolute atomic E-state index is 12.0. The van der Waals surface area contributed by atoms with Crippen molar-refractivity contribution in [2.24, 2.45) is 11.7 Å². The number of amides is 1. The number of nitrogens with one attached hydrogen (secondary N) is 4. The Balaban J connectivity index is 1.66. The van der Waals surface area contributed by atoms with Crippen molar-refractivity contribution < 1.29 is 19.1 Å². The van der Waals surface area contributed by atoms with Crippen molar-refractivity contribution in [3.8, 4) is 0 Å². The highest BCUT2D eigenvalue weighted by molar-refractivity contribution is 5.83. The first-order valence-corrected chi connectivity index (χ1v) is 8.71. The van der Waals surface area contributed by atoms with E-state index in [-0.39, 0.29) is 49.3 Å².